The highest BCUT2D eigenvalue weighted by atomic mass is 16.2. The van der Waals surface area contributed by atoms with E-state index in [0.29, 0.717) is 11.8 Å². The Kier molecular flexibility index (Phi) is 4.08. The van der Waals surface area contributed by atoms with Gasteiger partial charge in [0.15, 0.2) is 0 Å². The highest BCUT2D eigenvalue weighted by Crippen LogP contribution is 2.27. The van der Waals surface area contributed by atoms with Crippen LogP contribution in [-0.4, -0.2) is 37.0 Å². The number of hydrogen-bond donors (Lipinski definition) is 1. The Hall–Kier alpha value is -0.570. The quantitative estimate of drug-likeness (QED) is 0.794. The number of nitrogens with zero attached hydrogens (tertiary/aromatic N) is 1. The Balaban J connectivity index is 1.86. The van der Waals surface area contributed by atoms with Crippen molar-refractivity contribution in [3.63, 3.8) is 0 Å². The summed E-state index contributed by atoms with van der Waals surface area (Å²) in [6.45, 7) is 10.6. The largest absolute Gasteiger partial charge is 0.342 e. The van der Waals surface area contributed by atoms with Crippen molar-refractivity contribution < 1.29 is 4.79 Å². The van der Waals surface area contributed by atoms with Crippen molar-refractivity contribution in [1.29, 1.82) is 0 Å². The molecule has 2 aliphatic rings. The van der Waals surface area contributed by atoms with Crippen molar-refractivity contribution in [3.05, 3.63) is 0 Å². The van der Waals surface area contributed by atoms with Crippen molar-refractivity contribution in [1.82, 2.24) is 10.2 Å². The number of likely N-dealkylation sites (tertiary alicyclic amines) is 1. The summed E-state index contributed by atoms with van der Waals surface area (Å²) in [5.41, 5.74) is 0. The van der Waals surface area contributed by atoms with Crippen molar-refractivity contribution in [2.45, 2.75) is 33.6 Å². The molecule has 2 atom stereocenters. The molecular formula is C14H26N2O. The summed E-state index contributed by atoms with van der Waals surface area (Å²) in [5.74, 6) is 2.71. The molecular weight excluding hydrogens is 212 g/mol. The predicted octanol–water partition coefficient (Wildman–Crippen LogP) is 1.74. The summed E-state index contributed by atoms with van der Waals surface area (Å²) in [6, 6.07) is 0. The van der Waals surface area contributed by atoms with E-state index in [1.165, 1.54) is 12.8 Å². The van der Waals surface area contributed by atoms with E-state index >= 15 is 0 Å². The van der Waals surface area contributed by atoms with Crippen molar-refractivity contribution >= 4 is 5.91 Å². The first-order valence-electron chi connectivity index (χ1n) is 7.09. The van der Waals surface area contributed by atoms with Gasteiger partial charge in [0, 0.05) is 19.6 Å². The summed E-state index contributed by atoms with van der Waals surface area (Å²) in [5, 5.41) is 3.32. The number of carbonyl (C=O) groups excluding carboxylic acids is 1. The van der Waals surface area contributed by atoms with Crippen molar-refractivity contribution in [3.8, 4) is 0 Å². The Morgan fingerprint density at radius 1 is 1.24 bits per heavy atom. The van der Waals surface area contributed by atoms with Gasteiger partial charge in [-0.25, -0.2) is 0 Å². The van der Waals surface area contributed by atoms with Crippen LogP contribution in [-0.2, 0) is 4.79 Å². The smallest absolute Gasteiger partial charge is 0.227 e. The Bertz CT molecular complexity index is 269. The number of piperidine rings is 1. The predicted molar refractivity (Wildman–Crippen MR) is 69.7 cm³/mol. The molecule has 0 radical (unpaired) electrons. The SMILES string of the molecule is CC(C)C1CCN(C(=O)[C@@H]2CNC[C@H]2C)CC1. The molecule has 17 heavy (non-hydrogen) atoms. The van der Waals surface area contributed by atoms with E-state index in [1.54, 1.807) is 0 Å². The first-order chi connectivity index (χ1) is 8.09. The normalized spacial score (nSPS) is 31.2. The van der Waals surface area contributed by atoms with Gasteiger partial charge in [-0.05, 0) is 37.1 Å². The van der Waals surface area contributed by atoms with E-state index in [1.807, 2.05) is 0 Å². The molecule has 0 aromatic carbocycles. The lowest BCUT2D eigenvalue weighted by molar-refractivity contribution is -0.137. The van der Waals surface area contributed by atoms with Gasteiger partial charge in [-0.15, -0.1) is 0 Å². The maximum atomic E-state index is 12.4. The third-order valence-electron chi connectivity index (χ3n) is 4.63. The standard InChI is InChI=1S/C14H26N2O/c1-10(2)12-4-6-16(7-5-12)14(17)13-9-15-8-11(13)3/h10-13,15H,4-9H2,1-3H3/t11-,13-/m1/s1. The molecule has 2 heterocycles. The Morgan fingerprint density at radius 3 is 2.35 bits per heavy atom. The van der Waals surface area contributed by atoms with Crippen LogP contribution in [0.4, 0.5) is 0 Å². The first kappa shape index (κ1) is 12.9. The maximum Gasteiger partial charge on any atom is 0.227 e. The average Bonchev–Trinajstić information content (AvgIpc) is 2.74. The van der Waals surface area contributed by atoms with Crippen LogP contribution in [0.2, 0.25) is 0 Å². The second kappa shape index (κ2) is 5.38. The van der Waals surface area contributed by atoms with E-state index in [0.717, 1.165) is 38.0 Å². The molecule has 0 unspecified atom stereocenters. The third kappa shape index (κ3) is 2.82. The van der Waals surface area contributed by atoms with Gasteiger partial charge >= 0.3 is 0 Å². The molecule has 98 valence electrons. The molecule has 0 spiro atoms. The van der Waals surface area contributed by atoms with Crippen molar-refractivity contribution in [2.24, 2.45) is 23.7 Å². The average molecular weight is 238 g/mol. The fraction of sp³-hybridized carbons (Fsp3) is 0.929. The fourth-order valence-corrected chi connectivity index (χ4v) is 3.16. The molecule has 3 nitrogen and oxygen atoms in total. The van der Waals surface area contributed by atoms with Crippen LogP contribution in [0.25, 0.3) is 0 Å². The zero-order valence-electron chi connectivity index (χ0n) is 11.4. The molecule has 1 amide bonds. The number of amides is 1. The van der Waals surface area contributed by atoms with Gasteiger partial charge in [0.05, 0.1) is 5.92 Å². The number of carbonyl (C=O) groups is 1. The van der Waals surface area contributed by atoms with Gasteiger partial charge in [-0.1, -0.05) is 20.8 Å². The molecule has 2 aliphatic heterocycles. The maximum absolute atomic E-state index is 12.4. The summed E-state index contributed by atoms with van der Waals surface area (Å²) in [6.07, 6.45) is 2.38. The van der Waals surface area contributed by atoms with Crippen LogP contribution < -0.4 is 5.32 Å². The molecule has 1 N–H and O–H groups in total. The van der Waals surface area contributed by atoms with Gasteiger partial charge in [0.1, 0.15) is 0 Å². The highest BCUT2D eigenvalue weighted by Gasteiger charge is 2.34. The molecule has 0 aromatic heterocycles. The molecule has 3 heteroatoms. The highest BCUT2D eigenvalue weighted by molar-refractivity contribution is 5.79. The Morgan fingerprint density at radius 2 is 1.88 bits per heavy atom. The van der Waals surface area contributed by atoms with Gasteiger partial charge < -0.3 is 10.2 Å². The Labute approximate surface area is 105 Å². The van der Waals surface area contributed by atoms with Gasteiger partial charge in [-0.3, -0.25) is 4.79 Å². The summed E-state index contributed by atoms with van der Waals surface area (Å²) >= 11 is 0. The first-order valence-corrected chi connectivity index (χ1v) is 7.09. The third-order valence-corrected chi connectivity index (χ3v) is 4.63. The minimum Gasteiger partial charge on any atom is -0.342 e. The van der Waals surface area contributed by atoms with Crippen LogP contribution in [0.3, 0.4) is 0 Å². The van der Waals surface area contributed by atoms with E-state index in [9.17, 15) is 4.79 Å². The zero-order chi connectivity index (χ0) is 12.4. The van der Waals surface area contributed by atoms with Crippen LogP contribution in [0.15, 0.2) is 0 Å². The molecule has 2 saturated heterocycles. The molecule has 0 aliphatic carbocycles. The molecule has 0 bridgehead atoms. The van der Waals surface area contributed by atoms with Crippen LogP contribution >= 0.6 is 0 Å². The van der Waals surface area contributed by atoms with E-state index in [2.05, 4.69) is 31.0 Å². The van der Waals surface area contributed by atoms with Gasteiger partial charge in [0.2, 0.25) is 5.91 Å². The molecule has 0 saturated carbocycles. The monoisotopic (exact) mass is 238 g/mol. The lowest BCUT2D eigenvalue weighted by Crippen LogP contribution is -2.44. The number of hydrogen-bond acceptors (Lipinski definition) is 2. The summed E-state index contributed by atoms with van der Waals surface area (Å²) in [7, 11) is 0. The molecule has 0 aromatic rings. The van der Waals surface area contributed by atoms with Crippen LogP contribution in [0, 0.1) is 23.7 Å². The van der Waals surface area contributed by atoms with E-state index in [4.69, 9.17) is 0 Å². The van der Waals surface area contributed by atoms with Crippen LogP contribution in [0.1, 0.15) is 33.6 Å². The van der Waals surface area contributed by atoms with Gasteiger partial charge in [-0.2, -0.15) is 0 Å². The number of nitrogens with one attached hydrogen (secondary N) is 1. The van der Waals surface area contributed by atoms with Crippen LogP contribution in [0.5, 0.6) is 0 Å². The minimum absolute atomic E-state index is 0.227. The summed E-state index contributed by atoms with van der Waals surface area (Å²) < 4.78 is 0. The number of rotatable bonds is 2. The topological polar surface area (TPSA) is 32.3 Å². The fourth-order valence-electron chi connectivity index (χ4n) is 3.16. The molecule has 2 fully saturated rings. The zero-order valence-corrected chi connectivity index (χ0v) is 11.4. The summed E-state index contributed by atoms with van der Waals surface area (Å²) in [4.78, 5) is 14.5. The second-order valence-corrected chi connectivity index (χ2v) is 6.15. The molecule has 2 rings (SSSR count). The lowest BCUT2D eigenvalue weighted by atomic mass is 9.86. The van der Waals surface area contributed by atoms with E-state index in [-0.39, 0.29) is 5.92 Å². The lowest BCUT2D eigenvalue weighted by Gasteiger charge is -2.35. The second-order valence-electron chi connectivity index (χ2n) is 6.15. The minimum atomic E-state index is 0.227. The van der Waals surface area contributed by atoms with E-state index < -0.39 is 0 Å². The van der Waals surface area contributed by atoms with Gasteiger partial charge in [0.25, 0.3) is 0 Å². The van der Waals surface area contributed by atoms with Crippen molar-refractivity contribution in [2.75, 3.05) is 26.2 Å².